The molecule has 0 saturated carbocycles. The summed E-state index contributed by atoms with van der Waals surface area (Å²) in [5.74, 6) is 1.59. The molecule has 63 heavy (non-hydrogen) atoms. The summed E-state index contributed by atoms with van der Waals surface area (Å²) >= 11 is 0. The maximum atomic E-state index is 5.40. The number of hydrogen-bond acceptors (Lipinski definition) is 3. The van der Waals surface area contributed by atoms with Crippen molar-refractivity contribution in [1.29, 1.82) is 0 Å². The van der Waals surface area contributed by atoms with Crippen LogP contribution in [0.5, 0.6) is 0 Å². The molecule has 5 heterocycles. The van der Waals surface area contributed by atoms with E-state index in [0.717, 1.165) is 39.4 Å². The lowest BCUT2D eigenvalue weighted by Gasteiger charge is -2.44. The molecule has 2 aliphatic heterocycles. The van der Waals surface area contributed by atoms with Crippen molar-refractivity contribution in [2.45, 2.75) is 6.04 Å². The summed E-state index contributed by atoms with van der Waals surface area (Å²) < 4.78 is 4.89. The lowest BCUT2D eigenvalue weighted by Crippen LogP contribution is -2.48. The van der Waals surface area contributed by atoms with Gasteiger partial charge in [0.1, 0.15) is 11.8 Å². The minimum atomic E-state index is -0.0673. The molecule has 0 saturated heterocycles. The number of aromatic nitrogens is 3. The quantitative estimate of drug-likeness (QED) is 0.101. The van der Waals surface area contributed by atoms with Crippen molar-refractivity contribution in [3.63, 3.8) is 0 Å². The van der Waals surface area contributed by atoms with Gasteiger partial charge in [-0.05, 0) is 110 Å². The Labute approximate surface area is 361 Å². The topological polar surface area (TPSA) is 36.4 Å². The van der Waals surface area contributed by atoms with Gasteiger partial charge in [-0.1, -0.05) is 133 Å². The number of para-hydroxylation sites is 4. The molecule has 9 aromatic carbocycles. The van der Waals surface area contributed by atoms with Crippen LogP contribution >= 0.6 is 0 Å². The summed E-state index contributed by atoms with van der Waals surface area (Å²) in [5, 5.41) is 11.3. The summed E-state index contributed by atoms with van der Waals surface area (Å²) in [5.41, 5.74) is 15.3. The van der Waals surface area contributed by atoms with E-state index in [1.165, 1.54) is 87.6 Å². The molecule has 1 unspecified atom stereocenters. The lowest BCUT2D eigenvalue weighted by molar-refractivity contribution is 0.892. The highest BCUT2D eigenvalue weighted by molar-refractivity contribution is 6.29. The molecule has 0 bridgehead atoms. The van der Waals surface area contributed by atoms with Crippen molar-refractivity contribution in [3.05, 3.63) is 206 Å². The summed E-state index contributed by atoms with van der Waals surface area (Å²) in [6.45, 7) is 0. The number of hydrogen-bond donors (Lipinski definition) is 0. The highest BCUT2D eigenvalue weighted by Crippen LogP contribution is 2.54. The van der Waals surface area contributed by atoms with Gasteiger partial charge in [0, 0.05) is 32.5 Å². The van der Waals surface area contributed by atoms with Crippen LogP contribution in [-0.2, 0) is 0 Å². The average molecular weight is 801 g/mol. The molecule has 0 amide bonds. The van der Waals surface area contributed by atoms with Crippen LogP contribution in [0.3, 0.4) is 0 Å². The van der Waals surface area contributed by atoms with Gasteiger partial charge in [-0.2, -0.15) is 4.58 Å². The van der Waals surface area contributed by atoms with Gasteiger partial charge in [-0.15, -0.1) is 0 Å². The fourth-order valence-corrected chi connectivity index (χ4v) is 11.4. The summed E-state index contributed by atoms with van der Waals surface area (Å²) in [7, 11) is 0. The van der Waals surface area contributed by atoms with Gasteiger partial charge in [0.05, 0.1) is 38.8 Å². The molecule has 5 nitrogen and oxygen atoms in total. The van der Waals surface area contributed by atoms with Crippen LogP contribution in [0.15, 0.2) is 200 Å². The Morgan fingerprint density at radius 3 is 2.24 bits per heavy atom. The molecule has 15 rings (SSSR count). The van der Waals surface area contributed by atoms with Crippen molar-refractivity contribution in [2.75, 3.05) is 4.90 Å². The Morgan fingerprint density at radius 2 is 1.29 bits per heavy atom. The van der Waals surface area contributed by atoms with Crippen molar-refractivity contribution in [1.82, 2.24) is 18.9 Å². The fourth-order valence-electron chi connectivity index (χ4n) is 11.4. The third kappa shape index (κ3) is 4.33. The molecule has 0 spiro atoms. The van der Waals surface area contributed by atoms with Gasteiger partial charge in [0.2, 0.25) is 0 Å². The van der Waals surface area contributed by atoms with Gasteiger partial charge < -0.3 is 9.30 Å². The average Bonchev–Trinajstić information content (AvgIpc) is 3.69. The van der Waals surface area contributed by atoms with E-state index < -0.39 is 0 Å². The van der Waals surface area contributed by atoms with E-state index in [9.17, 15) is 0 Å². The fraction of sp³-hybridized carbons (Fsp3) is 0.0172. The lowest BCUT2D eigenvalue weighted by atomic mass is 9.80. The van der Waals surface area contributed by atoms with E-state index in [4.69, 9.17) is 9.97 Å². The Hall–Kier alpha value is -8.41. The zero-order chi connectivity index (χ0) is 40.9. The first kappa shape index (κ1) is 33.3. The van der Waals surface area contributed by atoms with Gasteiger partial charge in [0.15, 0.2) is 5.69 Å². The Kier molecular flexibility index (Phi) is 6.41. The Balaban J connectivity index is 0.957. The Bertz CT molecular complexity index is 4080. The van der Waals surface area contributed by atoms with Crippen molar-refractivity contribution in [3.8, 4) is 22.5 Å². The molecule has 290 valence electrons. The predicted octanol–water partition coefficient (Wildman–Crippen LogP) is 14.2. The molecule has 0 N–H and O–H groups in total. The second kappa shape index (κ2) is 12.1. The van der Waals surface area contributed by atoms with Crippen molar-refractivity contribution in [2.24, 2.45) is 0 Å². The number of allylic oxidation sites excluding steroid dienone is 2. The van der Waals surface area contributed by atoms with Crippen LogP contribution in [0.2, 0.25) is 0 Å². The molecule has 5 heteroatoms. The molecule has 0 fully saturated rings. The highest BCUT2D eigenvalue weighted by Gasteiger charge is 2.45. The standard InChI is InChI=1S/C58H34N5/c1-2-13-35(14-3-1)57-59-46-22-6-4-17-44(46)58(60-57)63-50-25-9-8-24-49(50)62-51-32-30-37(39-19-11-20-41(54(39)51)42-21-12-26-52(63)55(42)62)36-28-31-48-45(33-36)43-29-27-34-15-10-18-40-38-16-5-7-23-47(38)61(48)56(43)53(34)40/h1-33,55H/q+1. The number of rotatable bonds is 3. The minimum Gasteiger partial charge on any atom is -0.322 e. The minimum absolute atomic E-state index is 0.0673. The highest BCUT2D eigenvalue weighted by atomic mass is 15.3. The monoisotopic (exact) mass is 800 g/mol. The molecule has 12 aromatic rings. The van der Waals surface area contributed by atoms with E-state index >= 15 is 0 Å². The SMILES string of the molecule is C1=CC2=[N+](c3nc(-c4ccccc4)nc4ccccc34)c3ccccc3N3c4ccc(-c5ccc6c(c5)c5ccc7cccc8c9ccccc9n6c5c78)c5cccc(c45)C(=C1)C23. The second-order valence-electron chi connectivity index (χ2n) is 17.1. The van der Waals surface area contributed by atoms with Crippen LogP contribution in [0.4, 0.5) is 22.9 Å². The second-order valence-corrected chi connectivity index (χ2v) is 17.1. The maximum absolute atomic E-state index is 5.40. The number of pyridine rings is 1. The molecule has 3 aliphatic rings. The van der Waals surface area contributed by atoms with Crippen LogP contribution in [0.25, 0.3) is 98.6 Å². The number of anilines is 2. The zero-order valence-corrected chi connectivity index (χ0v) is 33.9. The van der Waals surface area contributed by atoms with Crippen LogP contribution in [0, 0.1) is 0 Å². The van der Waals surface area contributed by atoms with E-state index in [0.29, 0.717) is 5.82 Å². The zero-order valence-electron chi connectivity index (χ0n) is 33.9. The summed E-state index contributed by atoms with van der Waals surface area (Å²) in [6.07, 6.45) is 6.83. The van der Waals surface area contributed by atoms with E-state index in [1.807, 2.05) is 6.07 Å². The normalized spacial score (nSPS) is 15.4. The van der Waals surface area contributed by atoms with Crippen LogP contribution in [-0.4, -0.2) is 26.1 Å². The molecule has 0 radical (unpaired) electrons. The summed E-state index contributed by atoms with van der Waals surface area (Å²) in [4.78, 5) is 13.1. The first-order valence-electron chi connectivity index (χ1n) is 21.7. The Morgan fingerprint density at radius 1 is 0.492 bits per heavy atom. The predicted molar refractivity (Wildman–Crippen MR) is 262 cm³/mol. The smallest absolute Gasteiger partial charge is 0.322 e. The molecule has 1 atom stereocenters. The number of nitrogens with zero attached hydrogens (tertiary/aromatic N) is 5. The van der Waals surface area contributed by atoms with Crippen LogP contribution < -0.4 is 9.48 Å². The molecular formula is C58H34N5+. The number of benzene rings is 9. The van der Waals surface area contributed by atoms with E-state index in [-0.39, 0.29) is 6.04 Å². The van der Waals surface area contributed by atoms with Crippen LogP contribution in [0.1, 0.15) is 5.56 Å². The van der Waals surface area contributed by atoms with Crippen molar-refractivity contribution < 1.29 is 0 Å². The largest absolute Gasteiger partial charge is 0.340 e. The third-order valence-corrected chi connectivity index (χ3v) is 13.9. The van der Waals surface area contributed by atoms with Gasteiger partial charge in [0.25, 0.3) is 5.82 Å². The van der Waals surface area contributed by atoms with Gasteiger partial charge >= 0.3 is 5.82 Å². The molecular weight excluding hydrogens is 767 g/mol. The van der Waals surface area contributed by atoms with Crippen molar-refractivity contribution >= 4 is 105 Å². The number of fused-ring (bicyclic) bond motifs is 11. The third-order valence-electron chi connectivity index (χ3n) is 13.9. The molecule has 3 aromatic heterocycles. The summed E-state index contributed by atoms with van der Waals surface area (Å²) in [6, 6.07) is 66.4. The first-order chi connectivity index (χ1) is 31.3. The van der Waals surface area contributed by atoms with E-state index in [1.54, 1.807) is 0 Å². The van der Waals surface area contributed by atoms with Gasteiger partial charge in [-0.25, -0.2) is 4.98 Å². The molecule has 1 aliphatic carbocycles. The first-order valence-corrected chi connectivity index (χ1v) is 21.7. The van der Waals surface area contributed by atoms with Gasteiger partial charge in [-0.3, -0.25) is 0 Å². The van der Waals surface area contributed by atoms with E-state index in [2.05, 4.69) is 208 Å². The maximum Gasteiger partial charge on any atom is 0.340 e.